The molecule has 418 valence electrons. The van der Waals surface area contributed by atoms with Crippen LogP contribution in [0.2, 0.25) is 21.7 Å². The number of anilines is 1. The summed E-state index contributed by atoms with van der Waals surface area (Å²) < 4.78 is 72.3. The fraction of sp³-hybridized carbons (Fsp3) is 0.492. The molecule has 0 saturated carbocycles. The predicted molar refractivity (Wildman–Crippen MR) is 318 cm³/mol. The van der Waals surface area contributed by atoms with Crippen molar-refractivity contribution in [2.24, 2.45) is 0 Å². The van der Waals surface area contributed by atoms with Gasteiger partial charge in [-0.25, -0.2) is 18.0 Å². The molecule has 0 radical (unpaired) electrons. The van der Waals surface area contributed by atoms with E-state index in [4.69, 9.17) is 23.9 Å². The van der Waals surface area contributed by atoms with Gasteiger partial charge in [-0.3, -0.25) is 9.80 Å². The molecule has 4 fully saturated rings. The summed E-state index contributed by atoms with van der Waals surface area (Å²) in [7, 11) is -5.17. The van der Waals surface area contributed by atoms with Crippen molar-refractivity contribution in [2.75, 3.05) is 37.7 Å². The molecule has 2 bridgehead atoms. The molecule has 5 heterocycles. The standard InChI is InChI=1S/C65H80F3N5O4Si2/c1-42(2)78(43(3)4,44(5)6)36-32-51-54(66)30-27-45-21-19-26-52(56(45)51)57-55(67)37-53-59(58(57)68)69-61(70-60(53)71-38-46-28-29-47(39-71)73(46)62(74)77-63(7,8)9)75-41-65-33-20-35-72(65)48(31-34-65)40-76-79(64(10,11)12,49-22-15-13-16-23-49)50-24-17-14-18-25-50/h13-19,21-27,30,37,42-44,46-48H,20,28-29,31,33-35,38-41H2,1-12H3/t46-,47+,48-,65-/m0/s1. The molecule has 9 nitrogen and oxygen atoms in total. The van der Waals surface area contributed by atoms with E-state index in [1.54, 1.807) is 18.2 Å². The smallest absolute Gasteiger partial charge is 0.410 e. The van der Waals surface area contributed by atoms with Gasteiger partial charge in [0.15, 0.2) is 5.82 Å². The van der Waals surface area contributed by atoms with Gasteiger partial charge in [-0.15, -0.1) is 5.54 Å². The van der Waals surface area contributed by atoms with Crippen molar-refractivity contribution >= 4 is 60.4 Å². The zero-order valence-electron chi connectivity index (χ0n) is 48.5. The number of hydrogen-bond donors (Lipinski definition) is 0. The Hall–Kier alpha value is -5.73. The lowest BCUT2D eigenvalue weighted by molar-refractivity contribution is 0.0122. The number of carbonyl (C=O) groups is 1. The van der Waals surface area contributed by atoms with Crippen molar-refractivity contribution in [3.63, 3.8) is 0 Å². The zero-order chi connectivity index (χ0) is 56.4. The molecule has 4 aliphatic heterocycles. The molecule has 79 heavy (non-hydrogen) atoms. The van der Waals surface area contributed by atoms with Crippen LogP contribution in [0.4, 0.5) is 23.8 Å². The number of amides is 1. The number of rotatable bonds is 13. The van der Waals surface area contributed by atoms with Gasteiger partial charge in [0.25, 0.3) is 8.32 Å². The van der Waals surface area contributed by atoms with Gasteiger partial charge < -0.3 is 18.8 Å². The van der Waals surface area contributed by atoms with Gasteiger partial charge in [0.05, 0.1) is 35.4 Å². The number of ether oxygens (including phenoxy) is 2. The molecular weight excluding hydrogens is 1030 g/mol. The van der Waals surface area contributed by atoms with Crippen LogP contribution in [0.3, 0.4) is 0 Å². The fourth-order valence-electron chi connectivity index (χ4n) is 14.7. The van der Waals surface area contributed by atoms with Crippen molar-refractivity contribution < 1.29 is 31.9 Å². The van der Waals surface area contributed by atoms with Gasteiger partial charge in [-0.05, 0) is 121 Å². The van der Waals surface area contributed by atoms with Crippen LogP contribution >= 0.6 is 0 Å². The third-order valence-corrected chi connectivity index (χ3v) is 29.5. The Balaban J connectivity index is 1.04. The highest BCUT2D eigenvalue weighted by molar-refractivity contribution is 6.99. The Labute approximate surface area is 468 Å². The first kappa shape index (κ1) is 56.5. The second-order valence-electron chi connectivity index (χ2n) is 25.9. The number of halogens is 3. The minimum atomic E-state index is -2.81. The average Bonchev–Trinajstić information content (AvgIpc) is 4.08. The Kier molecular flexibility index (Phi) is 15.5. The molecule has 14 heteroatoms. The molecule has 4 aliphatic rings. The van der Waals surface area contributed by atoms with Gasteiger partial charge in [-0.2, -0.15) is 9.97 Å². The first-order valence-corrected chi connectivity index (χ1v) is 33.0. The van der Waals surface area contributed by atoms with Crippen LogP contribution in [0, 0.1) is 28.9 Å². The SMILES string of the molecule is CC(C)[Si](C#Cc1c(F)ccc2cccc(-c3c(F)cc4c(N5C[C@H]6CC[C@@H](C5)N6C(=O)OC(C)(C)C)nc(OC[C@@]56CCCN5[C@H](CO[Si](c5ccccc5)(c5ccccc5)C(C)(C)C)CC6)nc4c3F)c12)(C(C)C)C(C)C. The third-order valence-electron chi connectivity index (χ3n) is 18.2. The van der Waals surface area contributed by atoms with E-state index in [2.05, 4.69) is 139 Å². The van der Waals surface area contributed by atoms with Crippen molar-refractivity contribution in [1.29, 1.82) is 0 Å². The van der Waals surface area contributed by atoms with E-state index < -0.39 is 39.4 Å². The quantitative estimate of drug-likeness (QED) is 0.0836. The van der Waals surface area contributed by atoms with E-state index in [0.29, 0.717) is 36.3 Å². The molecule has 4 atom stereocenters. The lowest BCUT2D eigenvalue weighted by Gasteiger charge is -2.44. The van der Waals surface area contributed by atoms with Gasteiger partial charge in [0, 0.05) is 29.9 Å². The van der Waals surface area contributed by atoms with Gasteiger partial charge in [0.1, 0.15) is 43.3 Å². The van der Waals surface area contributed by atoms with Crippen LogP contribution in [0.5, 0.6) is 6.01 Å². The molecule has 1 aromatic heterocycles. The van der Waals surface area contributed by atoms with E-state index in [1.165, 1.54) is 22.5 Å². The maximum atomic E-state index is 18.2. The van der Waals surface area contributed by atoms with Crippen molar-refractivity contribution in [1.82, 2.24) is 19.8 Å². The minimum Gasteiger partial charge on any atom is -0.461 e. The molecular formula is C65H80F3N5O4Si2. The van der Waals surface area contributed by atoms with E-state index >= 15 is 13.2 Å². The monoisotopic (exact) mass is 1110 g/mol. The number of fused-ring (bicyclic) bond motifs is 5. The number of nitrogens with zero attached hydrogens (tertiary/aromatic N) is 5. The predicted octanol–water partition coefficient (Wildman–Crippen LogP) is 14.0. The highest BCUT2D eigenvalue weighted by Crippen LogP contribution is 2.47. The maximum Gasteiger partial charge on any atom is 0.410 e. The van der Waals surface area contributed by atoms with Crippen molar-refractivity contribution in [2.45, 2.75) is 173 Å². The van der Waals surface area contributed by atoms with E-state index in [9.17, 15) is 4.79 Å². The first-order valence-electron chi connectivity index (χ1n) is 28.8. The summed E-state index contributed by atoms with van der Waals surface area (Å²) in [4.78, 5) is 30.0. The molecule has 0 spiro atoms. The van der Waals surface area contributed by atoms with Gasteiger partial charge in [-0.1, -0.05) is 153 Å². The molecule has 5 aromatic carbocycles. The summed E-state index contributed by atoms with van der Waals surface area (Å²) in [5.74, 6) is 1.38. The van der Waals surface area contributed by atoms with E-state index in [-0.39, 0.29) is 91.6 Å². The van der Waals surface area contributed by atoms with Crippen LogP contribution in [0.15, 0.2) is 97.1 Å². The highest BCUT2D eigenvalue weighted by atomic mass is 28.4. The lowest BCUT2D eigenvalue weighted by atomic mass is 9.93. The number of piperazine rings is 1. The molecule has 6 aromatic rings. The van der Waals surface area contributed by atoms with Crippen LogP contribution in [0.25, 0.3) is 32.8 Å². The van der Waals surface area contributed by atoms with E-state index in [1.807, 2.05) is 36.6 Å². The normalized spacial score (nSPS) is 20.9. The Bertz CT molecular complexity index is 3230. The summed E-state index contributed by atoms with van der Waals surface area (Å²) >= 11 is 0. The lowest BCUT2D eigenvalue weighted by Crippen LogP contribution is -2.67. The fourth-order valence-corrected chi connectivity index (χ4v) is 24.5. The minimum absolute atomic E-state index is 0.0120. The molecule has 0 unspecified atom stereocenters. The summed E-state index contributed by atoms with van der Waals surface area (Å²) in [5.41, 5.74) is 3.40. The maximum absolute atomic E-state index is 18.2. The summed E-state index contributed by atoms with van der Waals surface area (Å²) in [6, 6.07) is 30.8. The van der Waals surface area contributed by atoms with Gasteiger partial charge in [0.2, 0.25) is 0 Å². The second kappa shape index (κ2) is 21.6. The third kappa shape index (κ3) is 10.2. The molecule has 0 aliphatic carbocycles. The summed E-state index contributed by atoms with van der Waals surface area (Å²) in [5, 5.41) is 3.46. The summed E-state index contributed by atoms with van der Waals surface area (Å²) in [6.07, 6.45) is 4.81. The van der Waals surface area contributed by atoms with Crippen molar-refractivity contribution in [3.8, 4) is 28.6 Å². The average molecular weight is 1110 g/mol. The highest BCUT2D eigenvalue weighted by Gasteiger charge is 2.54. The zero-order valence-corrected chi connectivity index (χ0v) is 50.5. The summed E-state index contributed by atoms with van der Waals surface area (Å²) in [6.45, 7) is 28.1. The molecule has 0 N–H and O–H groups in total. The largest absolute Gasteiger partial charge is 0.461 e. The van der Waals surface area contributed by atoms with Crippen LogP contribution in [-0.4, -0.2) is 104 Å². The second-order valence-corrected chi connectivity index (χ2v) is 35.8. The van der Waals surface area contributed by atoms with E-state index in [0.717, 1.165) is 45.1 Å². The Morgan fingerprint density at radius 1 is 0.772 bits per heavy atom. The molecule has 1 amide bonds. The number of aromatic nitrogens is 2. The van der Waals surface area contributed by atoms with Crippen LogP contribution < -0.4 is 20.0 Å². The number of carbonyl (C=O) groups excluding carboxylic acids is 1. The number of hydrogen-bond acceptors (Lipinski definition) is 8. The van der Waals surface area contributed by atoms with Gasteiger partial charge >= 0.3 is 12.1 Å². The van der Waals surface area contributed by atoms with Crippen LogP contribution in [-0.2, 0) is 9.16 Å². The Morgan fingerprint density at radius 2 is 1.41 bits per heavy atom. The van der Waals surface area contributed by atoms with Crippen molar-refractivity contribution in [3.05, 3.63) is 120 Å². The first-order chi connectivity index (χ1) is 37.5. The molecule has 4 saturated heterocycles. The molecule has 10 rings (SSSR count). The number of benzene rings is 5. The Morgan fingerprint density at radius 3 is 2.00 bits per heavy atom. The topological polar surface area (TPSA) is 80.3 Å². The van der Waals surface area contributed by atoms with Crippen LogP contribution in [0.1, 0.15) is 127 Å².